The van der Waals surface area contributed by atoms with Gasteiger partial charge in [0.15, 0.2) is 22.2 Å². The summed E-state index contributed by atoms with van der Waals surface area (Å²) in [6.45, 7) is -0.393. The van der Waals surface area contributed by atoms with Crippen molar-refractivity contribution in [2.45, 2.75) is 19.8 Å². The van der Waals surface area contributed by atoms with E-state index in [-0.39, 0.29) is 18.5 Å². The number of aldehydes is 1. The largest absolute Gasteiger partial charge is 0.392 e. The van der Waals surface area contributed by atoms with Crippen molar-refractivity contribution in [2.24, 2.45) is 0 Å². The molecule has 1 aliphatic carbocycles. The van der Waals surface area contributed by atoms with Gasteiger partial charge in [-0.05, 0) is 31.9 Å². The fourth-order valence-corrected chi connectivity index (χ4v) is 3.34. The number of aliphatic hydroxyl groups is 2. The van der Waals surface area contributed by atoms with Gasteiger partial charge in [0.2, 0.25) is 0 Å². The lowest BCUT2D eigenvalue weighted by Gasteiger charge is -2.00. The van der Waals surface area contributed by atoms with Crippen LogP contribution in [0.25, 0.3) is 16.7 Å². The van der Waals surface area contributed by atoms with Gasteiger partial charge in [-0.25, -0.2) is 19.9 Å². The van der Waals surface area contributed by atoms with Gasteiger partial charge in [0, 0.05) is 23.8 Å². The molecule has 146 valence electrons. The molecule has 0 unspecified atom stereocenters. The summed E-state index contributed by atoms with van der Waals surface area (Å²) in [7, 11) is 0. The van der Waals surface area contributed by atoms with E-state index in [1.54, 1.807) is 12.3 Å². The van der Waals surface area contributed by atoms with Gasteiger partial charge in [0.1, 0.15) is 21.5 Å². The van der Waals surface area contributed by atoms with E-state index in [0.717, 1.165) is 12.0 Å². The Bertz CT molecular complexity index is 1060. The Kier molecular flexibility index (Phi) is 6.79. The topological polar surface area (TPSA) is 114 Å². The van der Waals surface area contributed by atoms with Crippen LogP contribution < -0.4 is 0 Å². The summed E-state index contributed by atoms with van der Waals surface area (Å²) in [5, 5.41) is 18.7. The molecule has 8 nitrogen and oxygen atoms in total. The predicted octanol–water partition coefficient (Wildman–Crippen LogP) is 3.32. The molecule has 0 bridgehead atoms. The first-order valence-electron chi connectivity index (χ1n) is 7.69. The molecule has 0 atom stereocenters. The maximum Gasteiger partial charge on any atom is 0.164 e. The van der Waals surface area contributed by atoms with Crippen LogP contribution in [0.1, 0.15) is 17.0 Å². The summed E-state index contributed by atoms with van der Waals surface area (Å²) >= 11 is 17.9. The van der Waals surface area contributed by atoms with Crippen molar-refractivity contribution in [2.75, 3.05) is 0 Å². The lowest BCUT2D eigenvalue weighted by Crippen LogP contribution is -1.96. The molecule has 3 aromatic rings. The first-order valence-corrected chi connectivity index (χ1v) is 10.0. The first kappa shape index (κ1) is 21.3. The highest BCUT2D eigenvalue weighted by atomic mass is 79.9. The molecule has 0 radical (unpaired) electrons. The number of fused-ring (bicyclic) bond motifs is 2. The van der Waals surface area contributed by atoms with Crippen molar-refractivity contribution in [3.8, 4) is 0 Å². The summed E-state index contributed by atoms with van der Waals surface area (Å²) in [4.78, 5) is 27.0. The summed E-state index contributed by atoms with van der Waals surface area (Å²) in [6, 6.07) is 0. The molecule has 0 amide bonds. The standard InChI is InChI=1S/C8H7BrClN3O2.C8H4BrClN2O/c9-6-7(10)12-8-5(11-6)4(2-14)1-13(8)3-15;9-7-8(10)11-5-2-1-4(3-13)6(5)12-7/h1,14-15H,2-3H2;1,3H,2H2. The van der Waals surface area contributed by atoms with Gasteiger partial charge in [-0.3, -0.25) is 4.79 Å². The third kappa shape index (κ3) is 4.12. The zero-order chi connectivity index (χ0) is 20.4. The lowest BCUT2D eigenvalue weighted by molar-refractivity contribution is -0.103. The van der Waals surface area contributed by atoms with E-state index < -0.39 is 0 Å². The van der Waals surface area contributed by atoms with Gasteiger partial charge in [0.05, 0.1) is 18.0 Å². The van der Waals surface area contributed by atoms with Crippen LogP contribution in [0.5, 0.6) is 0 Å². The van der Waals surface area contributed by atoms with Crippen molar-refractivity contribution in [1.29, 1.82) is 0 Å². The van der Waals surface area contributed by atoms with Gasteiger partial charge in [-0.2, -0.15) is 0 Å². The minimum atomic E-state index is -0.233. The summed E-state index contributed by atoms with van der Waals surface area (Å²) in [6.07, 6.45) is 4.79. The highest BCUT2D eigenvalue weighted by Crippen LogP contribution is 2.28. The summed E-state index contributed by atoms with van der Waals surface area (Å²) in [5.74, 6) is 0. The van der Waals surface area contributed by atoms with Crippen LogP contribution in [0.3, 0.4) is 0 Å². The van der Waals surface area contributed by atoms with E-state index in [0.29, 0.717) is 48.8 Å². The molecular weight excluding hydrogens is 541 g/mol. The average Bonchev–Trinajstić information content (AvgIpc) is 3.23. The molecule has 3 aromatic heterocycles. The zero-order valence-electron chi connectivity index (χ0n) is 13.9. The van der Waals surface area contributed by atoms with Crippen LogP contribution in [-0.2, 0) is 24.6 Å². The Morgan fingerprint density at radius 2 is 1.79 bits per heavy atom. The third-order valence-corrected chi connectivity index (χ3v) is 5.90. The Morgan fingerprint density at radius 1 is 1.11 bits per heavy atom. The van der Waals surface area contributed by atoms with E-state index in [4.69, 9.17) is 33.4 Å². The fraction of sp³-hybridized carbons (Fsp3) is 0.188. The number of aromatic nitrogens is 5. The number of carbonyl (C=O) groups excluding carboxylic acids is 1. The molecule has 2 N–H and O–H groups in total. The Balaban J connectivity index is 0.000000162. The van der Waals surface area contributed by atoms with Crippen molar-refractivity contribution in [3.63, 3.8) is 0 Å². The lowest BCUT2D eigenvalue weighted by atomic mass is 10.2. The second-order valence-electron chi connectivity index (χ2n) is 5.48. The minimum absolute atomic E-state index is 0.160. The molecule has 0 aromatic carbocycles. The van der Waals surface area contributed by atoms with Crippen molar-refractivity contribution >= 4 is 78.1 Å². The molecule has 28 heavy (non-hydrogen) atoms. The van der Waals surface area contributed by atoms with Gasteiger partial charge in [0.25, 0.3) is 0 Å². The van der Waals surface area contributed by atoms with Crippen molar-refractivity contribution in [1.82, 2.24) is 24.5 Å². The number of rotatable bonds is 3. The second kappa shape index (κ2) is 8.93. The predicted molar refractivity (Wildman–Crippen MR) is 111 cm³/mol. The molecule has 3 heterocycles. The number of aliphatic hydroxyl groups excluding tert-OH is 2. The summed E-state index contributed by atoms with van der Waals surface area (Å²) < 4.78 is 2.36. The number of hydrogen-bond donors (Lipinski definition) is 2. The Morgan fingerprint density at radius 3 is 2.43 bits per heavy atom. The molecule has 4 rings (SSSR count). The highest BCUT2D eigenvalue weighted by Gasteiger charge is 2.18. The number of halogens is 4. The number of nitrogens with zero attached hydrogens (tertiary/aromatic N) is 5. The molecular formula is C16H11Br2Cl2N5O3. The van der Waals surface area contributed by atoms with Crippen LogP contribution in [-0.4, -0.2) is 41.0 Å². The van der Waals surface area contributed by atoms with Crippen molar-refractivity contribution in [3.05, 3.63) is 48.7 Å². The van der Waals surface area contributed by atoms with Crippen LogP contribution in [0, 0.1) is 0 Å². The quantitative estimate of drug-likeness (QED) is 0.480. The Hall–Kier alpha value is -1.43. The first-order chi connectivity index (χ1) is 13.4. The monoisotopic (exact) mass is 549 g/mol. The second-order valence-corrected chi connectivity index (χ2v) is 7.70. The third-order valence-electron chi connectivity index (χ3n) is 3.81. The molecule has 0 spiro atoms. The van der Waals surface area contributed by atoms with E-state index in [1.807, 2.05) is 0 Å². The minimum Gasteiger partial charge on any atom is -0.392 e. The molecule has 0 saturated heterocycles. The number of hydrogen-bond acceptors (Lipinski definition) is 7. The molecule has 12 heteroatoms. The molecule has 0 saturated carbocycles. The van der Waals surface area contributed by atoms with E-state index in [1.165, 1.54) is 4.57 Å². The molecule has 0 aliphatic heterocycles. The van der Waals surface area contributed by atoms with Crippen molar-refractivity contribution < 1.29 is 15.0 Å². The maximum atomic E-state index is 10.6. The SMILES string of the molecule is O=CC1=CCc2nc(Cl)c(Br)nc21.OCc1cn(CO)c2nc(Cl)c(Br)nc12. The smallest absolute Gasteiger partial charge is 0.164 e. The molecule has 0 fully saturated rings. The van der Waals surface area contributed by atoms with Crippen LogP contribution in [0.4, 0.5) is 0 Å². The Labute approximate surface area is 185 Å². The summed E-state index contributed by atoms with van der Waals surface area (Å²) in [5.41, 5.74) is 3.56. The van der Waals surface area contributed by atoms with Gasteiger partial charge in [-0.1, -0.05) is 29.3 Å². The number of carbonyl (C=O) groups is 1. The van der Waals surface area contributed by atoms with Gasteiger partial charge < -0.3 is 14.8 Å². The zero-order valence-corrected chi connectivity index (χ0v) is 18.6. The van der Waals surface area contributed by atoms with Crippen LogP contribution >= 0.6 is 55.1 Å². The van der Waals surface area contributed by atoms with Gasteiger partial charge >= 0.3 is 0 Å². The van der Waals surface area contributed by atoms with Crippen LogP contribution in [0.2, 0.25) is 10.3 Å². The number of allylic oxidation sites excluding steroid dienone is 2. The average molecular weight is 552 g/mol. The molecule has 1 aliphatic rings. The van der Waals surface area contributed by atoms with E-state index >= 15 is 0 Å². The normalized spacial score (nSPS) is 12.4. The fourth-order valence-electron chi connectivity index (χ4n) is 2.54. The van der Waals surface area contributed by atoms with Crippen LogP contribution in [0.15, 0.2) is 21.5 Å². The van der Waals surface area contributed by atoms with Gasteiger partial charge in [-0.15, -0.1) is 0 Å². The van der Waals surface area contributed by atoms with E-state index in [9.17, 15) is 4.79 Å². The maximum absolute atomic E-state index is 10.6. The highest BCUT2D eigenvalue weighted by molar-refractivity contribution is 9.10. The van der Waals surface area contributed by atoms with E-state index in [2.05, 4.69) is 51.8 Å².